The molecule has 2 rings (SSSR count). The molecular formula is C17H25N3O2. The van der Waals surface area contributed by atoms with Gasteiger partial charge in [0.05, 0.1) is 0 Å². The van der Waals surface area contributed by atoms with Crippen molar-refractivity contribution in [2.45, 2.75) is 25.8 Å². The maximum absolute atomic E-state index is 12.8. The Hall–Kier alpha value is -1.88. The Kier molecular flexibility index (Phi) is 5.19. The minimum Gasteiger partial charge on any atom is -0.345 e. The SMILES string of the molecule is CC1CCN(C(=O)c2cccc(C(=O)N(C)C)c2)C(CN)C1. The molecule has 1 heterocycles. The van der Waals surface area contributed by atoms with E-state index in [4.69, 9.17) is 5.73 Å². The Balaban J connectivity index is 2.22. The van der Waals surface area contributed by atoms with Gasteiger partial charge in [0.15, 0.2) is 0 Å². The summed E-state index contributed by atoms with van der Waals surface area (Å²) < 4.78 is 0. The van der Waals surface area contributed by atoms with Crippen LogP contribution in [0.2, 0.25) is 0 Å². The zero-order valence-corrected chi connectivity index (χ0v) is 13.6. The van der Waals surface area contributed by atoms with Gasteiger partial charge in [-0.05, 0) is 37.0 Å². The van der Waals surface area contributed by atoms with Gasteiger partial charge in [0.25, 0.3) is 11.8 Å². The monoisotopic (exact) mass is 303 g/mol. The molecule has 120 valence electrons. The first-order valence-electron chi connectivity index (χ1n) is 7.76. The third kappa shape index (κ3) is 3.47. The number of hydrogen-bond donors (Lipinski definition) is 1. The van der Waals surface area contributed by atoms with E-state index in [0.717, 1.165) is 19.4 Å². The molecule has 22 heavy (non-hydrogen) atoms. The molecule has 0 spiro atoms. The van der Waals surface area contributed by atoms with E-state index in [0.29, 0.717) is 23.6 Å². The van der Waals surface area contributed by atoms with Gasteiger partial charge in [0, 0.05) is 44.4 Å². The van der Waals surface area contributed by atoms with E-state index in [1.807, 2.05) is 4.90 Å². The summed E-state index contributed by atoms with van der Waals surface area (Å²) in [6.45, 7) is 3.40. The molecule has 0 bridgehead atoms. The fraction of sp³-hybridized carbons (Fsp3) is 0.529. The van der Waals surface area contributed by atoms with E-state index in [9.17, 15) is 9.59 Å². The van der Waals surface area contributed by atoms with Gasteiger partial charge < -0.3 is 15.5 Å². The molecule has 0 aliphatic carbocycles. The molecule has 2 unspecified atom stereocenters. The average molecular weight is 303 g/mol. The van der Waals surface area contributed by atoms with E-state index in [2.05, 4.69) is 6.92 Å². The summed E-state index contributed by atoms with van der Waals surface area (Å²) in [6.07, 6.45) is 1.94. The van der Waals surface area contributed by atoms with Crippen LogP contribution >= 0.6 is 0 Å². The number of amides is 2. The molecule has 2 N–H and O–H groups in total. The minimum atomic E-state index is -0.0997. The van der Waals surface area contributed by atoms with Gasteiger partial charge in [-0.25, -0.2) is 0 Å². The summed E-state index contributed by atoms with van der Waals surface area (Å²) in [5.74, 6) is 0.465. The van der Waals surface area contributed by atoms with Crippen molar-refractivity contribution in [3.8, 4) is 0 Å². The lowest BCUT2D eigenvalue weighted by Gasteiger charge is -2.38. The summed E-state index contributed by atoms with van der Waals surface area (Å²) in [4.78, 5) is 28.2. The van der Waals surface area contributed by atoms with Gasteiger partial charge in [-0.3, -0.25) is 9.59 Å². The second kappa shape index (κ2) is 6.92. The number of nitrogens with two attached hydrogens (primary N) is 1. The highest BCUT2D eigenvalue weighted by Crippen LogP contribution is 2.24. The Bertz CT molecular complexity index is 557. The number of carbonyl (C=O) groups excluding carboxylic acids is 2. The molecule has 0 aromatic heterocycles. The lowest BCUT2D eigenvalue weighted by molar-refractivity contribution is 0.0573. The summed E-state index contributed by atoms with van der Waals surface area (Å²) in [5, 5.41) is 0. The fourth-order valence-electron chi connectivity index (χ4n) is 2.95. The lowest BCUT2D eigenvalue weighted by Crippen LogP contribution is -2.49. The normalized spacial score (nSPS) is 21.5. The Morgan fingerprint density at radius 2 is 2.00 bits per heavy atom. The summed E-state index contributed by atoms with van der Waals surface area (Å²) in [5.41, 5.74) is 6.92. The quantitative estimate of drug-likeness (QED) is 0.922. The molecule has 1 aromatic rings. The van der Waals surface area contributed by atoms with Crippen LogP contribution in [0, 0.1) is 5.92 Å². The molecule has 5 nitrogen and oxygen atoms in total. The molecule has 0 saturated carbocycles. The van der Waals surface area contributed by atoms with Gasteiger partial charge >= 0.3 is 0 Å². The molecule has 1 fully saturated rings. The number of carbonyl (C=O) groups is 2. The smallest absolute Gasteiger partial charge is 0.254 e. The van der Waals surface area contributed by atoms with Crippen molar-refractivity contribution in [2.75, 3.05) is 27.2 Å². The number of likely N-dealkylation sites (tertiary alicyclic amines) is 1. The number of rotatable bonds is 3. The number of benzene rings is 1. The number of piperidine rings is 1. The predicted molar refractivity (Wildman–Crippen MR) is 86.7 cm³/mol. The second-order valence-electron chi connectivity index (χ2n) is 6.30. The van der Waals surface area contributed by atoms with E-state index in [1.165, 1.54) is 4.90 Å². The van der Waals surface area contributed by atoms with Crippen LogP contribution in [0.1, 0.15) is 40.5 Å². The van der Waals surface area contributed by atoms with E-state index < -0.39 is 0 Å². The van der Waals surface area contributed by atoms with Crippen molar-refractivity contribution in [1.29, 1.82) is 0 Å². The Morgan fingerprint density at radius 3 is 2.64 bits per heavy atom. The highest BCUT2D eigenvalue weighted by Gasteiger charge is 2.29. The molecule has 2 amide bonds. The van der Waals surface area contributed by atoms with Crippen molar-refractivity contribution in [3.05, 3.63) is 35.4 Å². The van der Waals surface area contributed by atoms with E-state index in [1.54, 1.807) is 38.4 Å². The van der Waals surface area contributed by atoms with Crippen molar-refractivity contribution in [1.82, 2.24) is 9.80 Å². The molecular weight excluding hydrogens is 278 g/mol. The molecule has 1 aliphatic rings. The third-order valence-electron chi connectivity index (χ3n) is 4.27. The molecule has 1 aromatic carbocycles. The lowest BCUT2D eigenvalue weighted by atomic mass is 9.91. The van der Waals surface area contributed by atoms with Crippen molar-refractivity contribution < 1.29 is 9.59 Å². The molecule has 1 aliphatic heterocycles. The van der Waals surface area contributed by atoms with Crippen molar-refractivity contribution in [3.63, 3.8) is 0 Å². The molecule has 5 heteroatoms. The van der Waals surface area contributed by atoms with Crippen LogP contribution in [-0.4, -0.2) is 54.8 Å². The standard InChI is InChI=1S/C17H25N3O2/c1-12-7-8-20(15(9-12)11-18)17(22)14-6-4-5-13(10-14)16(21)19(2)3/h4-6,10,12,15H,7-9,11,18H2,1-3H3. The van der Waals surface area contributed by atoms with Gasteiger partial charge in [-0.1, -0.05) is 13.0 Å². The van der Waals surface area contributed by atoms with Crippen LogP contribution in [0.4, 0.5) is 0 Å². The van der Waals surface area contributed by atoms with Crippen LogP contribution in [0.3, 0.4) is 0 Å². The largest absolute Gasteiger partial charge is 0.345 e. The first kappa shape index (κ1) is 16.5. The highest BCUT2D eigenvalue weighted by atomic mass is 16.2. The predicted octanol–water partition coefficient (Wildman–Crippen LogP) is 1.59. The zero-order valence-electron chi connectivity index (χ0n) is 13.6. The van der Waals surface area contributed by atoms with E-state index in [-0.39, 0.29) is 17.9 Å². The summed E-state index contributed by atoms with van der Waals surface area (Å²) in [6, 6.07) is 7.02. The fourth-order valence-corrected chi connectivity index (χ4v) is 2.95. The third-order valence-corrected chi connectivity index (χ3v) is 4.27. The summed E-state index contributed by atoms with van der Waals surface area (Å²) in [7, 11) is 3.40. The maximum Gasteiger partial charge on any atom is 0.254 e. The number of nitrogens with zero attached hydrogens (tertiary/aromatic N) is 2. The van der Waals surface area contributed by atoms with E-state index >= 15 is 0 Å². The van der Waals surface area contributed by atoms with Gasteiger partial charge in [-0.15, -0.1) is 0 Å². The molecule has 0 radical (unpaired) electrons. The van der Waals surface area contributed by atoms with Gasteiger partial charge in [0.1, 0.15) is 0 Å². The van der Waals surface area contributed by atoms with Crippen LogP contribution in [0.25, 0.3) is 0 Å². The van der Waals surface area contributed by atoms with Crippen molar-refractivity contribution >= 4 is 11.8 Å². The van der Waals surface area contributed by atoms with Gasteiger partial charge in [-0.2, -0.15) is 0 Å². The highest BCUT2D eigenvalue weighted by molar-refractivity contribution is 5.99. The first-order chi connectivity index (χ1) is 10.4. The summed E-state index contributed by atoms with van der Waals surface area (Å²) >= 11 is 0. The van der Waals surface area contributed by atoms with Gasteiger partial charge in [0.2, 0.25) is 0 Å². The zero-order chi connectivity index (χ0) is 16.3. The van der Waals surface area contributed by atoms with Crippen LogP contribution < -0.4 is 5.73 Å². The topological polar surface area (TPSA) is 66.6 Å². The average Bonchev–Trinajstić information content (AvgIpc) is 2.53. The molecule has 2 atom stereocenters. The number of hydrogen-bond acceptors (Lipinski definition) is 3. The Labute approximate surface area is 132 Å². The molecule has 1 saturated heterocycles. The second-order valence-corrected chi connectivity index (χ2v) is 6.30. The van der Waals surface area contributed by atoms with Crippen LogP contribution in [0.15, 0.2) is 24.3 Å². The van der Waals surface area contributed by atoms with Crippen LogP contribution in [0.5, 0.6) is 0 Å². The van der Waals surface area contributed by atoms with Crippen molar-refractivity contribution in [2.24, 2.45) is 11.7 Å². The van der Waals surface area contributed by atoms with Crippen LogP contribution in [-0.2, 0) is 0 Å². The minimum absolute atomic E-state index is 0.0317. The first-order valence-corrected chi connectivity index (χ1v) is 7.76. The maximum atomic E-state index is 12.8. The Morgan fingerprint density at radius 1 is 1.32 bits per heavy atom.